The van der Waals surface area contributed by atoms with Crippen molar-refractivity contribution in [1.82, 2.24) is 14.3 Å². The maximum atomic E-state index is 12.6. The first-order valence-electron chi connectivity index (χ1n) is 7.88. The maximum absolute atomic E-state index is 12.6. The third kappa shape index (κ3) is 3.54. The van der Waals surface area contributed by atoms with E-state index in [1.165, 1.54) is 15.6 Å². The molecule has 8 nitrogen and oxygen atoms in total. The molecular formula is C18H17N5O3. The number of nitrogens with two attached hydrogens (primary N) is 1. The van der Waals surface area contributed by atoms with Crippen molar-refractivity contribution in [2.24, 2.45) is 5.73 Å². The van der Waals surface area contributed by atoms with Gasteiger partial charge in [-0.25, -0.2) is 9.36 Å². The SMILES string of the molecule is N=C(N)c1ccc(-n2ncn(-c3ccc(CCC(=O)O)cc3)c2=O)cc1. The van der Waals surface area contributed by atoms with Crippen LogP contribution in [0.5, 0.6) is 0 Å². The van der Waals surface area contributed by atoms with Crippen LogP contribution in [0.1, 0.15) is 17.5 Å². The monoisotopic (exact) mass is 351 g/mol. The third-order valence-electron chi connectivity index (χ3n) is 3.93. The summed E-state index contributed by atoms with van der Waals surface area (Å²) in [7, 11) is 0. The van der Waals surface area contributed by atoms with Crippen molar-refractivity contribution >= 4 is 11.8 Å². The Kier molecular flexibility index (Phi) is 4.66. The second-order valence-electron chi connectivity index (χ2n) is 5.72. The number of amidine groups is 1. The molecule has 0 aliphatic heterocycles. The summed E-state index contributed by atoms with van der Waals surface area (Å²) in [5, 5.41) is 20.2. The van der Waals surface area contributed by atoms with E-state index in [-0.39, 0.29) is 17.9 Å². The standard InChI is InChI=1S/C18H17N5O3/c19-17(20)13-4-8-15(9-5-13)23-18(26)22(11-21-23)14-6-1-12(2-7-14)3-10-16(24)25/h1-2,4-9,11H,3,10H2,(H3,19,20)(H,24,25). The molecule has 0 saturated heterocycles. The zero-order valence-corrected chi connectivity index (χ0v) is 13.8. The highest BCUT2D eigenvalue weighted by atomic mass is 16.4. The molecule has 0 atom stereocenters. The number of nitrogens with zero attached hydrogens (tertiary/aromatic N) is 3. The summed E-state index contributed by atoms with van der Waals surface area (Å²) in [6.45, 7) is 0. The van der Waals surface area contributed by atoms with Crippen LogP contribution in [-0.4, -0.2) is 31.3 Å². The predicted octanol–water partition coefficient (Wildman–Crippen LogP) is 1.32. The van der Waals surface area contributed by atoms with Crippen LogP contribution >= 0.6 is 0 Å². The van der Waals surface area contributed by atoms with E-state index in [9.17, 15) is 9.59 Å². The van der Waals surface area contributed by atoms with Crippen LogP contribution < -0.4 is 11.4 Å². The Labute approximate surface area is 148 Å². The first-order valence-corrected chi connectivity index (χ1v) is 7.88. The minimum absolute atomic E-state index is 0.0441. The van der Waals surface area contributed by atoms with Crippen molar-refractivity contribution in [3.8, 4) is 11.4 Å². The van der Waals surface area contributed by atoms with Gasteiger partial charge in [0.1, 0.15) is 12.2 Å². The number of aromatic nitrogens is 3. The minimum atomic E-state index is -0.845. The molecule has 0 aliphatic rings. The number of nitrogens with one attached hydrogen (secondary N) is 1. The largest absolute Gasteiger partial charge is 0.481 e. The van der Waals surface area contributed by atoms with E-state index in [1.54, 1.807) is 48.5 Å². The van der Waals surface area contributed by atoms with Crippen LogP contribution in [0.2, 0.25) is 0 Å². The van der Waals surface area contributed by atoms with Gasteiger partial charge in [0.15, 0.2) is 0 Å². The molecule has 0 amide bonds. The average Bonchev–Trinajstić information content (AvgIpc) is 3.02. The van der Waals surface area contributed by atoms with Crippen molar-refractivity contribution in [3.63, 3.8) is 0 Å². The Morgan fingerprint density at radius 1 is 1.08 bits per heavy atom. The summed E-state index contributed by atoms with van der Waals surface area (Å²) < 4.78 is 2.65. The Bertz CT molecular complexity index is 1000. The van der Waals surface area contributed by atoms with Crippen LogP contribution in [-0.2, 0) is 11.2 Å². The number of aryl methyl sites for hydroxylation is 1. The normalized spacial score (nSPS) is 10.6. The van der Waals surface area contributed by atoms with Crippen LogP contribution in [0, 0.1) is 5.41 Å². The van der Waals surface area contributed by atoms with Crippen LogP contribution in [0.15, 0.2) is 59.7 Å². The molecule has 3 rings (SSSR count). The molecule has 0 unspecified atom stereocenters. The molecule has 1 heterocycles. The summed E-state index contributed by atoms with van der Waals surface area (Å²) in [5.74, 6) is -0.889. The Morgan fingerprint density at radius 3 is 2.27 bits per heavy atom. The van der Waals surface area contributed by atoms with Gasteiger partial charge in [-0.15, -0.1) is 0 Å². The number of carbonyl (C=O) groups is 1. The van der Waals surface area contributed by atoms with Gasteiger partial charge in [-0.1, -0.05) is 12.1 Å². The number of nitrogen functional groups attached to an aromatic ring is 1. The zero-order chi connectivity index (χ0) is 18.7. The fourth-order valence-electron chi connectivity index (χ4n) is 2.51. The van der Waals surface area contributed by atoms with Crippen molar-refractivity contribution in [2.75, 3.05) is 0 Å². The molecule has 0 bridgehead atoms. The number of hydrogen-bond donors (Lipinski definition) is 3. The molecule has 0 saturated carbocycles. The van der Waals surface area contributed by atoms with Crippen LogP contribution in [0.25, 0.3) is 11.4 Å². The summed E-state index contributed by atoms with van der Waals surface area (Å²) in [6.07, 6.45) is 1.92. The number of carboxylic acids is 1. The van der Waals surface area contributed by atoms with Crippen molar-refractivity contribution < 1.29 is 9.90 Å². The molecule has 1 aromatic heterocycles. The minimum Gasteiger partial charge on any atom is -0.481 e. The summed E-state index contributed by atoms with van der Waals surface area (Å²) in [6, 6.07) is 13.7. The fraction of sp³-hybridized carbons (Fsp3) is 0.111. The zero-order valence-electron chi connectivity index (χ0n) is 13.8. The van der Waals surface area contributed by atoms with E-state index in [0.29, 0.717) is 23.4 Å². The van der Waals surface area contributed by atoms with E-state index >= 15 is 0 Å². The molecule has 132 valence electrons. The molecule has 2 aromatic carbocycles. The maximum Gasteiger partial charge on any atom is 0.355 e. The van der Waals surface area contributed by atoms with Gasteiger partial charge < -0.3 is 10.8 Å². The fourth-order valence-corrected chi connectivity index (χ4v) is 2.51. The molecule has 0 radical (unpaired) electrons. The summed E-state index contributed by atoms with van der Waals surface area (Å²) in [4.78, 5) is 23.2. The molecular weight excluding hydrogens is 334 g/mol. The van der Waals surface area contributed by atoms with E-state index in [0.717, 1.165) is 5.56 Å². The van der Waals surface area contributed by atoms with Gasteiger partial charge in [0, 0.05) is 12.0 Å². The lowest BCUT2D eigenvalue weighted by Gasteiger charge is -2.04. The lowest BCUT2D eigenvalue weighted by Crippen LogP contribution is -2.22. The second-order valence-corrected chi connectivity index (χ2v) is 5.72. The van der Waals surface area contributed by atoms with E-state index in [2.05, 4.69) is 5.10 Å². The van der Waals surface area contributed by atoms with Crippen LogP contribution in [0.3, 0.4) is 0 Å². The number of aliphatic carboxylic acids is 1. The van der Waals surface area contributed by atoms with Crippen molar-refractivity contribution in [2.45, 2.75) is 12.8 Å². The Balaban J connectivity index is 1.85. The number of rotatable bonds is 6. The van der Waals surface area contributed by atoms with E-state index < -0.39 is 5.97 Å². The molecule has 0 aliphatic carbocycles. The Morgan fingerprint density at radius 2 is 1.69 bits per heavy atom. The molecule has 8 heteroatoms. The van der Waals surface area contributed by atoms with Gasteiger partial charge in [-0.3, -0.25) is 10.2 Å². The van der Waals surface area contributed by atoms with Gasteiger partial charge in [0.2, 0.25) is 0 Å². The molecule has 4 N–H and O–H groups in total. The highest BCUT2D eigenvalue weighted by Crippen LogP contribution is 2.11. The number of carboxylic acid groups (broad SMARTS) is 1. The van der Waals surface area contributed by atoms with E-state index in [4.69, 9.17) is 16.2 Å². The van der Waals surface area contributed by atoms with E-state index in [1.807, 2.05) is 0 Å². The number of hydrogen-bond acceptors (Lipinski definition) is 4. The molecule has 0 spiro atoms. The highest BCUT2D eigenvalue weighted by Gasteiger charge is 2.09. The first-order chi connectivity index (χ1) is 12.5. The van der Waals surface area contributed by atoms with Crippen molar-refractivity contribution in [1.29, 1.82) is 5.41 Å². The van der Waals surface area contributed by atoms with Gasteiger partial charge in [-0.2, -0.15) is 9.78 Å². The summed E-state index contributed by atoms with van der Waals surface area (Å²) in [5.41, 5.74) is 7.75. The topological polar surface area (TPSA) is 127 Å². The van der Waals surface area contributed by atoms with Crippen LogP contribution in [0.4, 0.5) is 0 Å². The van der Waals surface area contributed by atoms with Gasteiger partial charge in [0.05, 0.1) is 11.4 Å². The van der Waals surface area contributed by atoms with Gasteiger partial charge in [-0.05, 0) is 48.4 Å². The van der Waals surface area contributed by atoms with Gasteiger partial charge >= 0.3 is 11.7 Å². The predicted molar refractivity (Wildman–Crippen MR) is 96.1 cm³/mol. The first kappa shape index (κ1) is 17.2. The Hall–Kier alpha value is -3.68. The van der Waals surface area contributed by atoms with Crippen molar-refractivity contribution in [3.05, 3.63) is 76.5 Å². The third-order valence-corrected chi connectivity index (χ3v) is 3.93. The lowest BCUT2D eigenvalue weighted by atomic mass is 10.1. The average molecular weight is 351 g/mol. The quantitative estimate of drug-likeness (QED) is 0.456. The molecule has 26 heavy (non-hydrogen) atoms. The number of benzene rings is 2. The highest BCUT2D eigenvalue weighted by molar-refractivity contribution is 5.95. The molecule has 3 aromatic rings. The smallest absolute Gasteiger partial charge is 0.355 e. The molecule has 0 fully saturated rings. The van der Waals surface area contributed by atoms with Gasteiger partial charge in [0.25, 0.3) is 0 Å². The lowest BCUT2D eigenvalue weighted by molar-refractivity contribution is -0.136. The summed E-state index contributed by atoms with van der Waals surface area (Å²) >= 11 is 0. The second kappa shape index (κ2) is 7.06.